The molecule has 1 atom stereocenters. The zero-order chi connectivity index (χ0) is 42.2. The summed E-state index contributed by atoms with van der Waals surface area (Å²) in [7, 11) is -8.33. The Morgan fingerprint density at radius 1 is 0.780 bits per heavy atom. The number of carbonyl (C=O) groups excluding carboxylic acids is 2. The van der Waals surface area contributed by atoms with Crippen LogP contribution in [0.4, 0.5) is 25.4 Å². The molecule has 0 saturated heterocycles. The molecule has 0 bridgehead atoms. The molecule has 0 fully saturated rings. The fraction of sp³-hybridized carbons (Fsp3) is 0.487. The molecule has 4 amide bonds. The molecule has 1 unspecified atom stereocenters. The van der Waals surface area contributed by atoms with Crippen LogP contribution in [0.25, 0.3) is 0 Å². The lowest BCUT2D eigenvalue weighted by molar-refractivity contribution is 0.164. The smallest absolute Gasteiger partial charge is 0.333 e. The minimum atomic E-state index is -4.20. The van der Waals surface area contributed by atoms with Gasteiger partial charge in [-0.05, 0) is 95.9 Å². The second kappa shape index (κ2) is 16.8. The van der Waals surface area contributed by atoms with E-state index in [1.54, 1.807) is 0 Å². The number of fused-ring (bicyclic) bond motifs is 4. The minimum absolute atomic E-state index is 0.0754. The molecular formula is C39H50FN9O8S2. The third-order valence-electron chi connectivity index (χ3n) is 10.9. The van der Waals surface area contributed by atoms with Crippen LogP contribution in [0.1, 0.15) is 92.2 Å². The molecule has 2 aromatic carbocycles. The lowest BCUT2D eigenvalue weighted by Crippen LogP contribution is -2.36. The van der Waals surface area contributed by atoms with Crippen molar-refractivity contribution in [2.24, 2.45) is 11.7 Å². The molecule has 59 heavy (non-hydrogen) atoms. The normalized spacial score (nSPS) is 16.8. The molecule has 4 heterocycles. The Morgan fingerprint density at radius 3 is 1.85 bits per heavy atom. The molecule has 0 radical (unpaired) electrons. The van der Waals surface area contributed by atoms with Gasteiger partial charge in [0.05, 0.1) is 32.2 Å². The van der Waals surface area contributed by atoms with Gasteiger partial charge in [-0.3, -0.25) is 0 Å². The van der Waals surface area contributed by atoms with Gasteiger partial charge in [-0.1, -0.05) is 33.8 Å². The highest BCUT2D eigenvalue weighted by molar-refractivity contribution is 7.90. The Labute approximate surface area is 342 Å². The molecule has 2 aliphatic heterocycles. The van der Waals surface area contributed by atoms with Crippen molar-refractivity contribution in [3.05, 3.63) is 69.8 Å². The highest BCUT2D eigenvalue weighted by atomic mass is 32.2. The second-order valence-corrected chi connectivity index (χ2v) is 19.1. The predicted molar refractivity (Wildman–Crippen MR) is 216 cm³/mol. The van der Waals surface area contributed by atoms with Crippen LogP contribution in [-0.4, -0.2) is 68.2 Å². The van der Waals surface area contributed by atoms with Crippen molar-refractivity contribution in [1.82, 2.24) is 29.0 Å². The fourth-order valence-electron chi connectivity index (χ4n) is 7.99. The van der Waals surface area contributed by atoms with E-state index in [-0.39, 0.29) is 39.3 Å². The highest BCUT2D eigenvalue weighted by Gasteiger charge is 2.33. The number of aromatic nitrogens is 4. The number of rotatable bonds is 9. The predicted octanol–water partition coefficient (Wildman–Crippen LogP) is 4.90. The molecule has 8 rings (SSSR count). The third-order valence-corrected chi connectivity index (χ3v) is 13.5. The van der Waals surface area contributed by atoms with E-state index in [4.69, 9.17) is 15.2 Å². The molecule has 6 N–H and O–H groups in total. The third kappa shape index (κ3) is 8.74. The van der Waals surface area contributed by atoms with E-state index < -0.39 is 37.9 Å². The van der Waals surface area contributed by atoms with E-state index in [9.17, 15) is 30.8 Å². The SMILES string of the molecule is CC(C)c1cc(F)cc(C(C)C)c1NC(=O)NS(=O)(=O)c1cnn2c1OCCC2.NCC1COc2c(S(=O)(=O)NC(=O)Nc3c4c(cc5c3CCC5)CCC4)cnn2C1. The van der Waals surface area contributed by atoms with Crippen LogP contribution < -0.4 is 35.3 Å². The monoisotopic (exact) mass is 855 g/mol. The first-order valence-corrected chi connectivity index (χ1v) is 22.8. The van der Waals surface area contributed by atoms with Crippen molar-refractivity contribution in [3.8, 4) is 11.8 Å². The number of nitrogens with zero attached hydrogens (tertiary/aromatic N) is 4. The number of halogens is 1. The Morgan fingerprint density at radius 2 is 1.31 bits per heavy atom. The summed E-state index contributed by atoms with van der Waals surface area (Å²) in [4.78, 5) is 24.9. The number of aryl methyl sites for hydroxylation is 3. The number of ether oxygens (including phenoxy) is 2. The second-order valence-electron chi connectivity index (χ2n) is 15.8. The maximum Gasteiger partial charge on any atom is 0.333 e. The van der Waals surface area contributed by atoms with Crippen molar-refractivity contribution < 1.29 is 40.3 Å². The van der Waals surface area contributed by atoms with E-state index in [0.29, 0.717) is 49.7 Å². The molecule has 4 aromatic rings. The number of hydrogen-bond donors (Lipinski definition) is 5. The van der Waals surface area contributed by atoms with Crippen molar-refractivity contribution in [2.75, 3.05) is 30.4 Å². The highest BCUT2D eigenvalue weighted by Crippen LogP contribution is 2.39. The first-order valence-electron chi connectivity index (χ1n) is 19.8. The van der Waals surface area contributed by atoms with E-state index in [0.717, 1.165) is 68.0 Å². The van der Waals surface area contributed by atoms with Gasteiger partial charge in [-0.2, -0.15) is 10.2 Å². The van der Waals surface area contributed by atoms with E-state index >= 15 is 0 Å². The van der Waals surface area contributed by atoms with Crippen LogP contribution in [0, 0.1) is 11.7 Å². The molecule has 0 spiro atoms. The average molecular weight is 856 g/mol. The van der Waals surface area contributed by atoms with Gasteiger partial charge in [-0.15, -0.1) is 0 Å². The summed E-state index contributed by atoms with van der Waals surface area (Å²) < 4.78 is 83.2. The minimum Gasteiger partial charge on any atom is -0.477 e. The summed E-state index contributed by atoms with van der Waals surface area (Å²) in [6.07, 6.45) is 9.00. The molecular weight excluding hydrogens is 806 g/mol. The van der Waals surface area contributed by atoms with Crippen LogP contribution in [-0.2, 0) is 58.8 Å². The van der Waals surface area contributed by atoms with Gasteiger partial charge in [0.2, 0.25) is 11.8 Å². The van der Waals surface area contributed by atoms with E-state index in [2.05, 4.69) is 31.6 Å². The van der Waals surface area contributed by atoms with Crippen LogP contribution in [0.5, 0.6) is 11.8 Å². The zero-order valence-electron chi connectivity index (χ0n) is 33.4. The molecule has 4 aliphatic rings. The molecule has 2 aromatic heterocycles. The Bertz CT molecular complexity index is 2440. The first-order chi connectivity index (χ1) is 28.1. The van der Waals surface area contributed by atoms with E-state index in [1.165, 1.54) is 38.8 Å². The fourth-order valence-corrected chi connectivity index (χ4v) is 9.96. The quantitative estimate of drug-likeness (QED) is 0.152. The van der Waals surface area contributed by atoms with Crippen molar-refractivity contribution in [3.63, 3.8) is 0 Å². The molecule has 318 valence electrons. The van der Waals surface area contributed by atoms with Gasteiger partial charge >= 0.3 is 12.1 Å². The molecule has 17 nitrogen and oxygen atoms in total. The Balaban J connectivity index is 0.000000179. The summed E-state index contributed by atoms with van der Waals surface area (Å²) in [5.74, 6) is -0.228. The average Bonchev–Trinajstić information content (AvgIpc) is 4.01. The summed E-state index contributed by atoms with van der Waals surface area (Å²) >= 11 is 0. The van der Waals surface area contributed by atoms with Gasteiger partial charge in [0.15, 0.2) is 9.79 Å². The van der Waals surface area contributed by atoms with Crippen molar-refractivity contribution in [1.29, 1.82) is 0 Å². The number of urea groups is 2. The summed E-state index contributed by atoms with van der Waals surface area (Å²) in [6, 6.07) is 3.26. The maximum absolute atomic E-state index is 14.0. The maximum atomic E-state index is 14.0. The molecule has 2 aliphatic carbocycles. The van der Waals surface area contributed by atoms with E-state index in [1.807, 2.05) is 32.4 Å². The summed E-state index contributed by atoms with van der Waals surface area (Å²) in [6.45, 7) is 9.63. The Kier molecular flexibility index (Phi) is 11.9. The number of sulfonamides is 2. The van der Waals surface area contributed by atoms with Gasteiger partial charge in [0.1, 0.15) is 5.82 Å². The number of amides is 4. The number of carbonyl (C=O) groups is 2. The van der Waals surface area contributed by atoms with Crippen molar-refractivity contribution in [2.45, 2.75) is 107 Å². The zero-order valence-corrected chi connectivity index (χ0v) is 35.1. The lowest BCUT2D eigenvalue weighted by atomic mass is 9.92. The Hall–Kier alpha value is -5.21. The number of anilines is 2. The number of hydrogen-bond acceptors (Lipinski definition) is 11. The van der Waals surface area contributed by atoms with Gasteiger partial charge in [0.25, 0.3) is 20.0 Å². The topological polar surface area (TPSA) is 231 Å². The van der Waals surface area contributed by atoms with Crippen LogP contribution >= 0.6 is 0 Å². The molecule has 20 heteroatoms. The van der Waals surface area contributed by atoms with Crippen LogP contribution in [0.3, 0.4) is 0 Å². The summed E-state index contributed by atoms with van der Waals surface area (Å²) in [5.41, 5.74) is 12.9. The summed E-state index contributed by atoms with van der Waals surface area (Å²) in [5, 5.41) is 13.5. The van der Waals surface area contributed by atoms with Gasteiger partial charge < -0.3 is 25.8 Å². The van der Waals surface area contributed by atoms with Crippen molar-refractivity contribution >= 4 is 43.5 Å². The van der Waals surface area contributed by atoms with Gasteiger partial charge in [-0.25, -0.2) is 49.6 Å². The largest absolute Gasteiger partial charge is 0.477 e. The standard InChI is InChI=1S/C20H25N5O4S.C19H25FN4O4S/c21-8-12-10-25-19(29-11-12)17(9-22-25)30(27,28)24-20(26)23-18-15-5-1-3-13(15)7-14-4-2-6-16(14)18;1-11(2)14-8-13(20)9-15(12(3)4)17(14)22-19(25)23-29(26,27)16-10-21-24-6-5-7-28-18(16)24/h7,9,12H,1-6,8,10-11,21H2,(H2,23,24,26);8-12H,5-7H2,1-4H3,(H2,22,23,25). The van der Waals surface area contributed by atoms with Crippen LogP contribution in [0.15, 0.2) is 40.4 Å². The first kappa shape index (κ1) is 41.9. The number of nitrogens with one attached hydrogen (secondary N) is 4. The number of benzene rings is 2. The number of nitrogens with two attached hydrogens (primary N) is 1. The van der Waals surface area contributed by atoms with Crippen LogP contribution in [0.2, 0.25) is 0 Å². The lowest BCUT2D eigenvalue weighted by Gasteiger charge is -2.23. The molecule has 0 saturated carbocycles. The van der Waals surface area contributed by atoms with Gasteiger partial charge in [0, 0.05) is 36.8 Å².